The number of rotatable bonds is 3. The molecule has 1 saturated carbocycles. The lowest BCUT2D eigenvalue weighted by Crippen LogP contribution is -2.01. The lowest BCUT2D eigenvalue weighted by Gasteiger charge is -2.10. The van der Waals surface area contributed by atoms with E-state index in [1.165, 1.54) is 24.0 Å². The third-order valence-electron chi connectivity index (χ3n) is 3.27. The average molecular weight is 241 g/mol. The second-order valence-corrected chi connectivity index (χ2v) is 5.35. The van der Waals surface area contributed by atoms with Crippen molar-refractivity contribution < 1.29 is 0 Å². The predicted octanol–water partition coefficient (Wildman–Crippen LogP) is 3.89. The number of aromatic nitrogens is 2. The number of hydrogen-bond acceptors (Lipinski definition) is 2. The van der Waals surface area contributed by atoms with Gasteiger partial charge in [-0.05, 0) is 56.9 Å². The highest BCUT2D eigenvalue weighted by atomic mass is 15.2. The zero-order valence-electron chi connectivity index (χ0n) is 11.2. The van der Waals surface area contributed by atoms with E-state index in [1.807, 2.05) is 6.92 Å². The van der Waals surface area contributed by atoms with Crippen LogP contribution in [0.5, 0.6) is 0 Å². The lowest BCUT2D eigenvalue weighted by atomic mass is 10.1. The lowest BCUT2D eigenvalue weighted by molar-refractivity contribution is 0.750. The summed E-state index contributed by atoms with van der Waals surface area (Å²) in [6, 6.07) is 7.16. The molecule has 1 aromatic carbocycles. The second-order valence-electron chi connectivity index (χ2n) is 5.35. The van der Waals surface area contributed by atoms with Crippen LogP contribution < -0.4 is 5.32 Å². The molecule has 3 heteroatoms. The van der Waals surface area contributed by atoms with Gasteiger partial charge in [0.15, 0.2) is 0 Å². The van der Waals surface area contributed by atoms with E-state index in [1.54, 1.807) is 0 Å². The van der Waals surface area contributed by atoms with Crippen molar-refractivity contribution in [3.05, 3.63) is 41.2 Å². The first kappa shape index (κ1) is 11.3. The Balaban J connectivity index is 1.91. The monoisotopic (exact) mass is 241 g/mol. The molecule has 0 spiro atoms. The number of nitrogens with one attached hydrogen (secondary N) is 1. The molecular weight excluding hydrogens is 222 g/mol. The van der Waals surface area contributed by atoms with Gasteiger partial charge in [-0.25, -0.2) is 4.98 Å². The first-order valence-corrected chi connectivity index (χ1v) is 6.52. The zero-order chi connectivity index (χ0) is 12.7. The van der Waals surface area contributed by atoms with Crippen LogP contribution in [-0.4, -0.2) is 9.55 Å². The van der Waals surface area contributed by atoms with Gasteiger partial charge in [0.05, 0.1) is 5.69 Å². The van der Waals surface area contributed by atoms with Crippen molar-refractivity contribution in [2.24, 2.45) is 0 Å². The largest absolute Gasteiger partial charge is 0.326 e. The van der Waals surface area contributed by atoms with E-state index in [2.05, 4.69) is 53.1 Å². The molecule has 3 nitrogen and oxygen atoms in total. The van der Waals surface area contributed by atoms with E-state index in [-0.39, 0.29) is 0 Å². The van der Waals surface area contributed by atoms with E-state index in [4.69, 9.17) is 0 Å². The fourth-order valence-electron chi connectivity index (χ4n) is 2.42. The molecule has 0 radical (unpaired) electrons. The topological polar surface area (TPSA) is 29.9 Å². The highest BCUT2D eigenvalue weighted by molar-refractivity contribution is 5.56. The molecule has 3 rings (SSSR count). The smallest absolute Gasteiger partial charge is 0.207 e. The maximum absolute atomic E-state index is 4.58. The Morgan fingerprint density at radius 1 is 1.11 bits per heavy atom. The molecular formula is C15H19N3. The van der Waals surface area contributed by atoms with Crippen molar-refractivity contribution in [3.63, 3.8) is 0 Å². The van der Waals surface area contributed by atoms with Gasteiger partial charge in [0.2, 0.25) is 5.95 Å². The van der Waals surface area contributed by atoms with Crippen molar-refractivity contribution >= 4 is 11.6 Å². The number of nitrogens with zero attached hydrogens (tertiary/aromatic N) is 2. The van der Waals surface area contributed by atoms with Crippen LogP contribution in [0.2, 0.25) is 0 Å². The summed E-state index contributed by atoms with van der Waals surface area (Å²) < 4.78 is 2.27. The van der Waals surface area contributed by atoms with E-state index >= 15 is 0 Å². The summed E-state index contributed by atoms with van der Waals surface area (Å²) in [6.07, 6.45) is 4.69. The van der Waals surface area contributed by atoms with E-state index < -0.39 is 0 Å². The van der Waals surface area contributed by atoms with E-state index in [9.17, 15) is 0 Å². The summed E-state index contributed by atoms with van der Waals surface area (Å²) in [5.74, 6) is 0.972. The molecule has 1 fully saturated rings. The van der Waals surface area contributed by atoms with Gasteiger partial charge in [-0.2, -0.15) is 0 Å². The summed E-state index contributed by atoms with van der Waals surface area (Å²) in [6.45, 7) is 6.29. The minimum Gasteiger partial charge on any atom is -0.326 e. The first-order chi connectivity index (χ1) is 8.61. The van der Waals surface area contributed by atoms with Gasteiger partial charge in [-0.1, -0.05) is 6.07 Å². The quantitative estimate of drug-likeness (QED) is 0.883. The van der Waals surface area contributed by atoms with Crippen LogP contribution in [0.1, 0.15) is 35.7 Å². The summed E-state index contributed by atoms with van der Waals surface area (Å²) in [7, 11) is 0. The van der Waals surface area contributed by atoms with Gasteiger partial charge in [0.1, 0.15) is 0 Å². The highest BCUT2D eigenvalue weighted by Crippen LogP contribution is 2.38. The van der Waals surface area contributed by atoms with Gasteiger partial charge in [0.25, 0.3) is 0 Å². The normalized spacial score (nSPS) is 14.8. The molecule has 1 heterocycles. The van der Waals surface area contributed by atoms with Crippen LogP contribution in [0.25, 0.3) is 0 Å². The molecule has 2 aromatic rings. The number of benzene rings is 1. The van der Waals surface area contributed by atoms with E-state index in [0.29, 0.717) is 6.04 Å². The molecule has 18 heavy (non-hydrogen) atoms. The minimum absolute atomic E-state index is 0.652. The second kappa shape index (κ2) is 4.16. The fourth-order valence-corrected chi connectivity index (χ4v) is 2.42. The van der Waals surface area contributed by atoms with Crippen LogP contribution in [-0.2, 0) is 0 Å². The third-order valence-corrected chi connectivity index (χ3v) is 3.27. The van der Waals surface area contributed by atoms with Crippen molar-refractivity contribution in [1.29, 1.82) is 0 Å². The molecule has 0 aliphatic heterocycles. The van der Waals surface area contributed by atoms with Gasteiger partial charge in [-0.3, -0.25) is 0 Å². The fraction of sp³-hybridized carbons (Fsp3) is 0.400. The van der Waals surface area contributed by atoms with Gasteiger partial charge in [-0.15, -0.1) is 0 Å². The summed E-state index contributed by atoms with van der Waals surface area (Å²) in [5, 5.41) is 3.45. The molecule has 0 unspecified atom stereocenters. The Kier molecular flexibility index (Phi) is 2.62. The molecule has 1 aromatic heterocycles. The Morgan fingerprint density at radius 3 is 2.39 bits per heavy atom. The Hall–Kier alpha value is -1.77. The Bertz CT molecular complexity index is 559. The molecule has 1 aliphatic carbocycles. The maximum Gasteiger partial charge on any atom is 0.207 e. The molecule has 0 amide bonds. The van der Waals surface area contributed by atoms with Crippen LogP contribution in [0.15, 0.2) is 24.4 Å². The highest BCUT2D eigenvalue weighted by Gasteiger charge is 2.26. The van der Waals surface area contributed by atoms with Crippen LogP contribution in [0, 0.1) is 20.8 Å². The number of imidazole rings is 1. The molecule has 0 bridgehead atoms. The molecule has 1 aliphatic rings. The van der Waals surface area contributed by atoms with Crippen LogP contribution in [0.3, 0.4) is 0 Å². The molecule has 0 atom stereocenters. The van der Waals surface area contributed by atoms with Gasteiger partial charge < -0.3 is 9.88 Å². The van der Waals surface area contributed by atoms with Gasteiger partial charge >= 0.3 is 0 Å². The average Bonchev–Trinajstić information content (AvgIpc) is 3.02. The van der Waals surface area contributed by atoms with Crippen LogP contribution >= 0.6 is 0 Å². The minimum atomic E-state index is 0.652. The number of aryl methyl sites for hydroxylation is 3. The van der Waals surface area contributed by atoms with Crippen molar-refractivity contribution in [3.8, 4) is 0 Å². The van der Waals surface area contributed by atoms with Gasteiger partial charge in [0, 0.05) is 17.9 Å². The van der Waals surface area contributed by atoms with Crippen molar-refractivity contribution in [2.75, 3.05) is 5.32 Å². The predicted molar refractivity (Wildman–Crippen MR) is 74.4 cm³/mol. The standard InChI is InChI=1S/C15H19N3/c1-10-6-11(2)8-13(7-10)17-15-16-12(3)9-18(15)14-4-5-14/h6-9,14H,4-5H2,1-3H3,(H,16,17). The Morgan fingerprint density at radius 2 is 1.78 bits per heavy atom. The number of anilines is 2. The first-order valence-electron chi connectivity index (χ1n) is 6.52. The maximum atomic E-state index is 4.58. The Labute approximate surface area is 108 Å². The SMILES string of the molecule is Cc1cc(C)cc(Nc2nc(C)cn2C2CC2)c1. The summed E-state index contributed by atoms with van der Waals surface area (Å²) in [4.78, 5) is 4.58. The summed E-state index contributed by atoms with van der Waals surface area (Å²) >= 11 is 0. The number of hydrogen-bond donors (Lipinski definition) is 1. The summed E-state index contributed by atoms with van der Waals surface area (Å²) in [5.41, 5.74) is 4.76. The molecule has 94 valence electrons. The zero-order valence-corrected chi connectivity index (χ0v) is 11.2. The molecule has 1 N–H and O–H groups in total. The van der Waals surface area contributed by atoms with Crippen molar-refractivity contribution in [1.82, 2.24) is 9.55 Å². The van der Waals surface area contributed by atoms with Crippen molar-refractivity contribution in [2.45, 2.75) is 39.7 Å². The third kappa shape index (κ3) is 2.26. The van der Waals surface area contributed by atoms with Crippen LogP contribution in [0.4, 0.5) is 11.6 Å². The molecule has 0 saturated heterocycles. The van der Waals surface area contributed by atoms with E-state index in [0.717, 1.165) is 17.3 Å².